The van der Waals surface area contributed by atoms with Crippen molar-refractivity contribution < 1.29 is 14.3 Å². The van der Waals surface area contributed by atoms with E-state index in [1.54, 1.807) is 12.1 Å². The molecule has 0 aliphatic heterocycles. The Labute approximate surface area is 118 Å². The summed E-state index contributed by atoms with van der Waals surface area (Å²) in [5, 5.41) is 10.5. The molecule has 1 aromatic carbocycles. The molecule has 1 atom stereocenters. The van der Waals surface area contributed by atoms with Crippen LogP contribution in [0.25, 0.3) is 11.0 Å². The van der Waals surface area contributed by atoms with Crippen LogP contribution in [0.1, 0.15) is 6.92 Å². The number of phenols is 1. The lowest BCUT2D eigenvalue weighted by Crippen LogP contribution is -2.09. The van der Waals surface area contributed by atoms with Crippen molar-refractivity contribution >= 4 is 33.6 Å². The molecule has 1 unspecified atom stereocenters. The lowest BCUT2D eigenvalue weighted by molar-refractivity contribution is 0.263. The smallest absolute Gasteiger partial charge is 0.336 e. The molecule has 0 saturated heterocycles. The van der Waals surface area contributed by atoms with E-state index >= 15 is 0 Å². The molecule has 2 rings (SSSR count). The molecule has 1 heterocycles. The van der Waals surface area contributed by atoms with Crippen molar-refractivity contribution in [2.24, 2.45) is 5.92 Å². The third-order valence-electron chi connectivity index (χ3n) is 2.49. The van der Waals surface area contributed by atoms with Crippen LogP contribution in [0.5, 0.6) is 11.5 Å². The minimum atomic E-state index is -0.417. The van der Waals surface area contributed by atoms with E-state index in [9.17, 15) is 9.90 Å². The van der Waals surface area contributed by atoms with Crippen LogP contribution in [0, 0.1) is 5.92 Å². The number of hydrogen-bond acceptors (Lipinski definition) is 4. The van der Waals surface area contributed by atoms with Gasteiger partial charge in [0, 0.05) is 21.9 Å². The molecule has 18 heavy (non-hydrogen) atoms. The summed E-state index contributed by atoms with van der Waals surface area (Å²) in [6.07, 6.45) is 0. The van der Waals surface area contributed by atoms with Gasteiger partial charge >= 0.3 is 5.63 Å². The molecule has 96 valence electrons. The van der Waals surface area contributed by atoms with E-state index in [0.717, 1.165) is 4.43 Å². The van der Waals surface area contributed by atoms with Crippen molar-refractivity contribution in [3.63, 3.8) is 0 Å². The highest BCUT2D eigenvalue weighted by Gasteiger charge is 2.09. The third kappa shape index (κ3) is 2.95. The summed E-state index contributed by atoms with van der Waals surface area (Å²) in [5.74, 6) is 0.786. The highest BCUT2D eigenvalue weighted by Crippen LogP contribution is 2.31. The Hall–Kier alpha value is -1.24. The van der Waals surface area contributed by atoms with Crippen molar-refractivity contribution in [3.05, 3.63) is 34.7 Å². The molecule has 5 heteroatoms. The maximum absolute atomic E-state index is 11.1. The van der Waals surface area contributed by atoms with Crippen LogP contribution in [0.15, 0.2) is 33.5 Å². The van der Waals surface area contributed by atoms with Crippen molar-refractivity contribution in [1.82, 2.24) is 0 Å². The fraction of sp³-hybridized carbons (Fsp3) is 0.308. The number of ether oxygens (including phenoxy) is 1. The predicted molar refractivity (Wildman–Crippen MR) is 77.7 cm³/mol. The number of alkyl halides is 1. The molecule has 0 aliphatic carbocycles. The molecular weight excluding hydrogens is 347 g/mol. The molecule has 0 fully saturated rings. The monoisotopic (exact) mass is 360 g/mol. The summed E-state index contributed by atoms with van der Waals surface area (Å²) in [5.41, 5.74) is -0.00260. The topological polar surface area (TPSA) is 59.7 Å². The zero-order valence-corrected chi connectivity index (χ0v) is 12.0. The average molecular weight is 360 g/mol. The Morgan fingerprint density at radius 2 is 2.22 bits per heavy atom. The van der Waals surface area contributed by atoms with E-state index in [1.165, 1.54) is 12.1 Å². The average Bonchev–Trinajstić information content (AvgIpc) is 2.36. The number of aromatic hydroxyl groups is 1. The van der Waals surface area contributed by atoms with Crippen LogP contribution in [0.2, 0.25) is 0 Å². The van der Waals surface area contributed by atoms with Gasteiger partial charge < -0.3 is 14.3 Å². The normalized spacial score (nSPS) is 12.6. The number of fused-ring (bicyclic) bond motifs is 1. The van der Waals surface area contributed by atoms with Crippen molar-refractivity contribution in [2.75, 3.05) is 11.0 Å². The molecule has 4 nitrogen and oxygen atoms in total. The summed E-state index contributed by atoms with van der Waals surface area (Å²) in [4.78, 5) is 11.1. The van der Waals surface area contributed by atoms with Crippen LogP contribution in [0.3, 0.4) is 0 Å². The SMILES string of the molecule is CC(CI)COc1cc2oc(=O)ccc2cc1O. The zero-order chi connectivity index (χ0) is 13.1. The predicted octanol–water partition coefficient (Wildman–Crippen LogP) is 2.95. The molecule has 1 N–H and O–H groups in total. The molecule has 0 spiro atoms. The summed E-state index contributed by atoms with van der Waals surface area (Å²) < 4.78 is 11.5. The first kappa shape index (κ1) is 13.2. The Morgan fingerprint density at radius 3 is 2.94 bits per heavy atom. The lowest BCUT2D eigenvalue weighted by atomic mass is 10.2. The first-order chi connectivity index (χ1) is 8.60. The number of halogens is 1. The van der Waals surface area contributed by atoms with Gasteiger partial charge in [-0.05, 0) is 18.1 Å². The minimum Gasteiger partial charge on any atom is -0.504 e. The molecule has 0 amide bonds. The van der Waals surface area contributed by atoms with E-state index < -0.39 is 5.63 Å². The first-order valence-corrected chi connectivity index (χ1v) is 7.08. The Balaban J connectivity index is 2.33. The van der Waals surface area contributed by atoms with E-state index in [2.05, 4.69) is 29.5 Å². The Kier molecular flexibility index (Phi) is 4.11. The van der Waals surface area contributed by atoms with Crippen LogP contribution in [-0.4, -0.2) is 16.1 Å². The van der Waals surface area contributed by atoms with Gasteiger partial charge in [0.2, 0.25) is 0 Å². The second-order valence-electron chi connectivity index (χ2n) is 4.18. The Bertz CT molecular complexity index is 605. The number of hydrogen-bond donors (Lipinski definition) is 1. The Morgan fingerprint density at radius 1 is 1.44 bits per heavy atom. The largest absolute Gasteiger partial charge is 0.504 e. The van der Waals surface area contributed by atoms with Crippen LogP contribution < -0.4 is 10.4 Å². The maximum atomic E-state index is 11.1. The van der Waals surface area contributed by atoms with Gasteiger partial charge in [0.1, 0.15) is 5.58 Å². The van der Waals surface area contributed by atoms with Crippen LogP contribution >= 0.6 is 22.6 Å². The molecule has 0 bridgehead atoms. The number of rotatable bonds is 4. The highest BCUT2D eigenvalue weighted by molar-refractivity contribution is 14.1. The van der Waals surface area contributed by atoms with Gasteiger partial charge in [-0.1, -0.05) is 29.5 Å². The van der Waals surface area contributed by atoms with Crippen LogP contribution in [-0.2, 0) is 0 Å². The third-order valence-corrected chi connectivity index (χ3v) is 3.99. The summed E-state index contributed by atoms with van der Waals surface area (Å²) in [7, 11) is 0. The summed E-state index contributed by atoms with van der Waals surface area (Å²) in [6, 6.07) is 6.01. The van der Waals surface area contributed by atoms with Gasteiger partial charge in [0.25, 0.3) is 0 Å². The zero-order valence-electron chi connectivity index (χ0n) is 9.85. The van der Waals surface area contributed by atoms with E-state index in [0.29, 0.717) is 29.2 Å². The van der Waals surface area contributed by atoms with Crippen molar-refractivity contribution in [1.29, 1.82) is 0 Å². The lowest BCUT2D eigenvalue weighted by Gasteiger charge is -2.11. The summed E-state index contributed by atoms with van der Waals surface area (Å²) in [6.45, 7) is 2.57. The molecule has 0 radical (unpaired) electrons. The second-order valence-corrected chi connectivity index (χ2v) is 5.06. The van der Waals surface area contributed by atoms with Gasteiger partial charge in [-0.25, -0.2) is 4.79 Å². The highest BCUT2D eigenvalue weighted by atomic mass is 127. The molecule has 1 aromatic heterocycles. The van der Waals surface area contributed by atoms with E-state index in [1.807, 2.05) is 0 Å². The van der Waals surface area contributed by atoms with E-state index in [-0.39, 0.29) is 5.75 Å². The standard InChI is InChI=1S/C13H13IO4/c1-8(6-14)7-17-12-5-11-9(4-10(12)15)2-3-13(16)18-11/h2-5,8,15H,6-7H2,1H3. The molecule has 0 aliphatic rings. The van der Waals surface area contributed by atoms with Crippen LogP contribution in [0.4, 0.5) is 0 Å². The van der Waals surface area contributed by atoms with Gasteiger partial charge in [-0.15, -0.1) is 0 Å². The van der Waals surface area contributed by atoms with E-state index in [4.69, 9.17) is 9.15 Å². The van der Waals surface area contributed by atoms with Crippen molar-refractivity contribution in [3.8, 4) is 11.5 Å². The van der Waals surface area contributed by atoms with Crippen molar-refractivity contribution in [2.45, 2.75) is 6.92 Å². The van der Waals surface area contributed by atoms with Gasteiger partial charge in [0.05, 0.1) is 6.61 Å². The number of phenolic OH excluding ortho intramolecular Hbond substituents is 1. The van der Waals surface area contributed by atoms with Gasteiger partial charge in [-0.2, -0.15) is 0 Å². The quantitative estimate of drug-likeness (QED) is 0.518. The summed E-state index contributed by atoms with van der Waals surface area (Å²) >= 11 is 2.28. The van der Waals surface area contributed by atoms with Gasteiger partial charge in [-0.3, -0.25) is 0 Å². The fourth-order valence-electron chi connectivity index (χ4n) is 1.48. The fourth-order valence-corrected chi connectivity index (χ4v) is 1.73. The second kappa shape index (κ2) is 5.60. The molecular formula is C13H13IO4. The molecule has 0 saturated carbocycles. The number of benzene rings is 1. The van der Waals surface area contributed by atoms with Gasteiger partial charge in [0.15, 0.2) is 11.5 Å². The first-order valence-electron chi connectivity index (χ1n) is 5.56. The minimum absolute atomic E-state index is 0.0528. The maximum Gasteiger partial charge on any atom is 0.336 e. The molecule has 2 aromatic rings.